The number of rotatable bonds is 10. The van der Waals surface area contributed by atoms with E-state index < -0.39 is 6.09 Å². The number of hydrogen-bond donors (Lipinski definition) is 1. The molecule has 1 aliphatic carbocycles. The third kappa shape index (κ3) is 6.05. The van der Waals surface area contributed by atoms with Gasteiger partial charge in [0.25, 0.3) is 0 Å². The van der Waals surface area contributed by atoms with Crippen molar-refractivity contribution in [1.82, 2.24) is 25.2 Å². The Bertz CT molecular complexity index is 1670. The van der Waals surface area contributed by atoms with E-state index in [9.17, 15) is 4.79 Å². The lowest BCUT2D eigenvalue weighted by atomic mass is 9.98. The molecule has 0 saturated heterocycles. The number of fused-ring (bicyclic) bond motifs is 3. The van der Waals surface area contributed by atoms with Gasteiger partial charge in [0.15, 0.2) is 0 Å². The smallest absolute Gasteiger partial charge is 0.407 e. The van der Waals surface area contributed by atoms with E-state index in [0.29, 0.717) is 35.8 Å². The Morgan fingerprint density at radius 2 is 1.60 bits per heavy atom. The Kier molecular flexibility index (Phi) is 8.29. The van der Waals surface area contributed by atoms with Crippen LogP contribution in [0, 0.1) is 0 Å². The molecule has 3 heterocycles. The highest BCUT2D eigenvalue weighted by molar-refractivity contribution is 5.79. The molecule has 1 aliphatic rings. The van der Waals surface area contributed by atoms with Crippen LogP contribution < -0.4 is 5.32 Å². The molecular formula is C35H35N5O3. The first kappa shape index (κ1) is 28.3. The van der Waals surface area contributed by atoms with Gasteiger partial charge in [-0.25, -0.2) is 14.8 Å². The summed E-state index contributed by atoms with van der Waals surface area (Å²) >= 11 is 0. The number of aromatic nitrogens is 3. The first-order chi connectivity index (χ1) is 21.0. The molecule has 8 nitrogen and oxygen atoms in total. The van der Waals surface area contributed by atoms with Crippen molar-refractivity contribution in [3.63, 3.8) is 0 Å². The van der Waals surface area contributed by atoms with Gasteiger partial charge >= 0.3 is 6.09 Å². The minimum atomic E-state index is -0.472. The van der Waals surface area contributed by atoms with Crippen molar-refractivity contribution in [2.24, 2.45) is 0 Å². The van der Waals surface area contributed by atoms with E-state index in [1.807, 2.05) is 81.7 Å². The third-order valence-electron chi connectivity index (χ3n) is 7.78. The average molecular weight is 574 g/mol. The zero-order valence-electron chi connectivity index (χ0n) is 24.7. The predicted octanol–water partition coefficient (Wildman–Crippen LogP) is 6.89. The van der Waals surface area contributed by atoms with Crippen molar-refractivity contribution in [3.8, 4) is 34.1 Å². The Morgan fingerprint density at radius 3 is 2.28 bits per heavy atom. The van der Waals surface area contributed by atoms with Crippen LogP contribution in [-0.4, -0.2) is 53.2 Å². The molecule has 1 amide bonds. The normalized spacial score (nSPS) is 13.0. The molecule has 0 radical (unpaired) electrons. The van der Waals surface area contributed by atoms with Gasteiger partial charge in [0.1, 0.15) is 23.8 Å². The van der Waals surface area contributed by atoms with Gasteiger partial charge in [0.2, 0.25) is 5.89 Å². The molecule has 43 heavy (non-hydrogen) atoms. The summed E-state index contributed by atoms with van der Waals surface area (Å²) in [6.07, 6.45) is 2.60. The number of oxazole rings is 1. The second kappa shape index (κ2) is 12.6. The highest BCUT2D eigenvalue weighted by Crippen LogP contribution is 2.44. The SMILES string of the molecule is CCC(NC(=O)OCC1c2ccccc2-c2ccccc21)c1cccc(-c2nc(-c3ccccn3)c(CCN(C)C)o2)n1. The number of likely N-dealkylation sites (N-methyl/N-ethyl adjacent to an activating group) is 1. The fourth-order valence-electron chi connectivity index (χ4n) is 5.59. The zero-order chi connectivity index (χ0) is 29.8. The monoisotopic (exact) mass is 573 g/mol. The number of benzene rings is 2. The van der Waals surface area contributed by atoms with Crippen LogP contribution in [-0.2, 0) is 11.2 Å². The van der Waals surface area contributed by atoms with Gasteiger partial charge in [0, 0.05) is 25.1 Å². The second-order valence-electron chi connectivity index (χ2n) is 10.9. The number of alkyl carbamates (subject to hydrolysis) is 1. The Labute approximate surface area is 251 Å². The highest BCUT2D eigenvalue weighted by Gasteiger charge is 2.29. The van der Waals surface area contributed by atoms with Crippen molar-refractivity contribution >= 4 is 6.09 Å². The fraction of sp³-hybridized carbons (Fsp3) is 0.257. The van der Waals surface area contributed by atoms with Crippen molar-refractivity contribution in [1.29, 1.82) is 0 Å². The number of carbonyl (C=O) groups is 1. The summed E-state index contributed by atoms with van der Waals surface area (Å²) in [7, 11) is 4.05. The van der Waals surface area contributed by atoms with Gasteiger partial charge in [-0.05, 0) is 67.0 Å². The van der Waals surface area contributed by atoms with Crippen LogP contribution in [0.4, 0.5) is 4.79 Å². The average Bonchev–Trinajstić information content (AvgIpc) is 3.62. The van der Waals surface area contributed by atoms with E-state index in [2.05, 4.69) is 39.5 Å². The van der Waals surface area contributed by atoms with Crippen molar-refractivity contribution in [2.45, 2.75) is 31.7 Å². The summed E-state index contributed by atoms with van der Waals surface area (Å²) in [5.41, 5.74) is 7.53. The van der Waals surface area contributed by atoms with E-state index in [0.717, 1.165) is 18.0 Å². The molecule has 0 bridgehead atoms. The fourth-order valence-corrected chi connectivity index (χ4v) is 5.59. The van der Waals surface area contributed by atoms with Crippen LogP contribution in [0.3, 0.4) is 0 Å². The maximum Gasteiger partial charge on any atom is 0.407 e. The maximum absolute atomic E-state index is 13.1. The summed E-state index contributed by atoms with van der Waals surface area (Å²) in [5, 5.41) is 3.02. The quantitative estimate of drug-likeness (QED) is 0.194. The largest absolute Gasteiger partial charge is 0.449 e. The van der Waals surface area contributed by atoms with Gasteiger partial charge in [-0.15, -0.1) is 0 Å². The Morgan fingerprint density at radius 1 is 0.907 bits per heavy atom. The second-order valence-corrected chi connectivity index (χ2v) is 10.9. The number of nitrogens with zero attached hydrogens (tertiary/aromatic N) is 4. The van der Waals surface area contributed by atoms with Gasteiger partial charge in [-0.3, -0.25) is 4.98 Å². The number of nitrogens with one attached hydrogen (secondary N) is 1. The summed E-state index contributed by atoms with van der Waals surface area (Å²) in [5.74, 6) is 1.19. The van der Waals surface area contributed by atoms with Crippen molar-refractivity contribution in [2.75, 3.05) is 27.2 Å². The molecule has 0 fully saturated rings. The number of ether oxygens (including phenoxy) is 1. The molecule has 1 unspecified atom stereocenters. The molecule has 0 spiro atoms. The predicted molar refractivity (Wildman–Crippen MR) is 166 cm³/mol. The molecule has 0 saturated carbocycles. The van der Waals surface area contributed by atoms with Crippen LogP contribution >= 0.6 is 0 Å². The highest BCUT2D eigenvalue weighted by atomic mass is 16.5. The van der Waals surface area contributed by atoms with Gasteiger partial charge in [-0.2, -0.15) is 0 Å². The van der Waals surface area contributed by atoms with Gasteiger partial charge < -0.3 is 19.4 Å². The minimum Gasteiger partial charge on any atom is -0.449 e. The molecule has 2 aromatic carbocycles. The molecule has 1 atom stereocenters. The molecule has 1 N–H and O–H groups in total. The van der Waals surface area contributed by atoms with E-state index in [1.54, 1.807) is 6.20 Å². The number of carbonyl (C=O) groups excluding carboxylic acids is 1. The van der Waals surface area contributed by atoms with Crippen molar-refractivity contribution in [3.05, 3.63) is 114 Å². The van der Waals surface area contributed by atoms with E-state index in [-0.39, 0.29) is 18.6 Å². The van der Waals surface area contributed by atoms with Crippen LogP contribution in [0.2, 0.25) is 0 Å². The minimum absolute atomic E-state index is 0.000280. The molecule has 0 aliphatic heterocycles. The number of pyridine rings is 2. The first-order valence-electron chi connectivity index (χ1n) is 14.7. The lowest BCUT2D eigenvalue weighted by molar-refractivity contribution is 0.138. The number of amides is 1. The molecule has 218 valence electrons. The van der Waals surface area contributed by atoms with Crippen LogP contribution in [0.5, 0.6) is 0 Å². The maximum atomic E-state index is 13.1. The topological polar surface area (TPSA) is 93.4 Å². The molecule has 8 heteroatoms. The van der Waals surface area contributed by atoms with Crippen LogP contribution in [0.1, 0.15) is 47.9 Å². The lowest BCUT2D eigenvalue weighted by Gasteiger charge is -2.19. The van der Waals surface area contributed by atoms with Crippen molar-refractivity contribution < 1.29 is 13.9 Å². The molecular weight excluding hydrogens is 538 g/mol. The molecule has 6 rings (SSSR count). The summed E-state index contributed by atoms with van der Waals surface area (Å²) < 4.78 is 12.1. The molecule has 3 aromatic heterocycles. The summed E-state index contributed by atoms with van der Waals surface area (Å²) in [4.78, 5) is 29.3. The number of hydrogen-bond acceptors (Lipinski definition) is 7. The van der Waals surface area contributed by atoms with Crippen LogP contribution in [0.25, 0.3) is 34.1 Å². The van der Waals surface area contributed by atoms with E-state index >= 15 is 0 Å². The third-order valence-corrected chi connectivity index (χ3v) is 7.78. The molecule has 5 aromatic rings. The summed E-state index contributed by atoms with van der Waals surface area (Å²) in [6.45, 7) is 3.07. The lowest BCUT2D eigenvalue weighted by Crippen LogP contribution is -2.30. The van der Waals surface area contributed by atoms with E-state index in [1.165, 1.54) is 22.3 Å². The summed E-state index contributed by atoms with van der Waals surface area (Å²) in [6, 6.07) is 27.7. The first-order valence-corrected chi connectivity index (χ1v) is 14.7. The Balaban J connectivity index is 1.18. The van der Waals surface area contributed by atoms with Gasteiger partial charge in [-0.1, -0.05) is 67.6 Å². The van der Waals surface area contributed by atoms with Crippen LogP contribution in [0.15, 0.2) is 95.5 Å². The van der Waals surface area contributed by atoms with Gasteiger partial charge in [0.05, 0.1) is 17.4 Å². The zero-order valence-corrected chi connectivity index (χ0v) is 24.7. The Hall–Kier alpha value is -4.82. The standard InChI is InChI=1S/C35H35N5O3/c1-4-28(38-35(41)42-22-27-25-14-7-5-12-23(25)24-13-6-8-15-26(24)27)29-17-11-18-31(37-29)34-39-33(30-16-9-10-20-36-30)32(43-34)19-21-40(2)3/h5-18,20,27-28H,4,19,21-22H2,1-3H3,(H,38,41). The van der Waals surface area contributed by atoms with E-state index in [4.69, 9.17) is 19.1 Å².